The number of rotatable bonds is 2. The maximum absolute atomic E-state index is 12.5. The van der Waals surface area contributed by atoms with Crippen molar-refractivity contribution in [2.75, 3.05) is 13.1 Å². The summed E-state index contributed by atoms with van der Waals surface area (Å²) >= 11 is 9.34. The first-order chi connectivity index (χ1) is 9.11. The molecule has 0 aliphatic carbocycles. The van der Waals surface area contributed by atoms with Gasteiger partial charge in [0.2, 0.25) is 0 Å². The summed E-state index contributed by atoms with van der Waals surface area (Å²) in [5, 5.41) is 0.637. The molecular formula is C15H19BrClNO. The van der Waals surface area contributed by atoms with Gasteiger partial charge in [-0.15, -0.1) is 0 Å². The summed E-state index contributed by atoms with van der Waals surface area (Å²) in [5.41, 5.74) is 0.714. The number of halogens is 2. The van der Waals surface area contributed by atoms with E-state index >= 15 is 0 Å². The van der Waals surface area contributed by atoms with Crippen molar-refractivity contribution in [3.63, 3.8) is 0 Å². The van der Waals surface area contributed by atoms with Gasteiger partial charge < -0.3 is 4.90 Å². The lowest BCUT2D eigenvalue weighted by Gasteiger charge is -2.21. The minimum absolute atomic E-state index is 0.120. The third-order valence-corrected chi connectivity index (χ3v) is 5.09. The minimum Gasteiger partial charge on any atom is -0.339 e. The van der Waals surface area contributed by atoms with Crippen LogP contribution in [0.25, 0.3) is 0 Å². The van der Waals surface area contributed by atoms with Crippen LogP contribution in [0.1, 0.15) is 43.0 Å². The fraction of sp³-hybridized carbons (Fsp3) is 0.533. The highest BCUT2D eigenvalue weighted by atomic mass is 79.9. The van der Waals surface area contributed by atoms with Crippen molar-refractivity contribution in [2.24, 2.45) is 5.92 Å². The van der Waals surface area contributed by atoms with Gasteiger partial charge in [0.1, 0.15) is 0 Å². The van der Waals surface area contributed by atoms with Crippen molar-refractivity contribution in [3.05, 3.63) is 33.3 Å². The second-order valence-electron chi connectivity index (χ2n) is 5.13. The van der Waals surface area contributed by atoms with Gasteiger partial charge in [-0.05, 0) is 59.3 Å². The molecule has 0 radical (unpaired) electrons. The average Bonchev–Trinajstić information content (AvgIpc) is 2.66. The number of benzene rings is 1. The SMILES string of the molecule is CCC1CCCN(C(=O)c2ccc(Cl)c(Br)c2)CC1. The van der Waals surface area contributed by atoms with Crippen LogP contribution in [0, 0.1) is 5.92 Å². The second-order valence-corrected chi connectivity index (χ2v) is 6.39. The first-order valence-electron chi connectivity index (χ1n) is 6.86. The molecule has 1 aromatic carbocycles. The van der Waals surface area contributed by atoms with E-state index in [9.17, 15) is 4.79 Å². The van der Waals surface area contributed by atoms with E-state index in [1.54, 1.807) is 12.1 Å². The molecule has 2 nitrogen and oxygen atoms in total. The third kappa shape index (κ3) is 3.73. The molecule has 0 spiro atoms. The average molecular weight is 345 g/mol. The highest BCUT2D eigenvalue weighted by Gasteiger charge is 2.21. The van der Waals surface area contributed by atoms with Crippen LogP contribution in [-0.2, 0) is 0 Å². The zero-order valence-electron chi connectivity index (χ0n) is 11.2. The van der Waals surface area contributed by atoms with Crippen LogP contribution in [0.5, 0.6) is 0 Å². The molecule has 1 amide bonds. The predicted molar refractivity (Wildman–Crippen MR) is 82.7 cm³/mol. The number of nitrogens with zero attached hydrogens (tertiary/aromatic N) is 1. The van der Waals surface area contributed by atoms with E-state index in [0.717, 1.165) is 36.3 Å². The monoisotopic (exact) mass is 343 g/mol. The van der Waals surface area contributed by atoms with Gasteiger partial charge in [-0.1, -0.05) is 24.9 Å². The van der Waals surface area contributed by atoms with Gasteiger partial charge in [-0.2, -0.15) is 0 Å². The van der Waals surface area contributed by atoms with E-state index in [4.69, 9.17) is 11.6 Å². The summed E-state index contributed by atoms with van der Waals surface area (Å²) in [6.45, 7) is 3.98. The fourth-order valence-corrected chi connectivity index (χ4v) is 3.08. The van der Waals surface area contributed by atoms with E-state index in [1.165, 1.54) is 12.8 Å². The van der Waals surface area contributed by atoms with Crippen LogP contribution in [0.3, 0.4) is 0 Å². The maximum Gasteiger partial charge on any atom is 0.253 e. The molecule has 1 heterocycles. The van der Waals surface area contributed by atoms with Gasteiger partial charge in [0, 0.05) is 23.1 Å². The largest absolute Gasteiger partial charge is 0.339 e. The molecule has 1 aliphatic heterocycles. The Labute approximate surface area is 128 Å². The molecule has 1 fully saturated rings. The predicted octanol–water partition coefficient (Wildman–Crippen LogP) is 4.75. The molecule has 1 unspecified atom stereocenters. The Morgan fingerprint density at radius 3 is 2.89 bits per heavy atom. The van der Waals surface area contributed by atoms with Gasteiger partial charge in [0.25, 0.3) is 5.91 Å². The van der Waals surface area contributed by atoms with Crippen molar-refractivity contribution in [2.45, 2.75) is 32.6 Å². The number of carbonyl (C=O) groups excluding carboxylic acids is 1. The van der Waals surface area contributed by atoms with Gasteiger partial charge in [0.05, 0.1) is 5.02 Å². The fourth-order valence-electron chi connectivity index (χ4n) is 2.59. The number of hydrogen-bond acceptors (Lipinski definition) is 1. The zero-order chi connectivity index (χ0) is 13.8. The Morgan fingerprint density at radius 1 is 1.42 bits per heavy atom. The normalized spacial score (nSPS) is 20.2. The van der Waals surface area contributed by atoms with Gasteiger partial charge in [-0.3, -0.25) is 4.79 Å². The van der Waals surface area contributed by atoms with Crippen molar-refractivity contribution in [1.82, 2.24) is 4.90 Å². The summed E-state index contributed by atoms with van der Waals surface area (Å²) in [4.78, 5) is 14.5. The van der Waals surface area contributed by atoms with E-state index in [2.05, 4.69) is 22.9 Å². The number of carbonyl (C=O) groups is 1. The number of likely N-dealkylation sites (tertiary alicyclic amines) is 1. The maximum atomic E-state index is 12.5. The molecule has 2 rings (SSSR count). The van der Waals surface area contributed by atoms with Crippen molar-refractivity contribution >= 4 is 33.4 Å². The molecule has 0 aromatic heterocycles. The molecule has 104 valence electrons. The number of hydrogen-bond donors (Lipinski definition) is 0. The molecule has 1 aliphatic rings. The summed E-state index contributed by atoms with van der Waals surface area (Å²) < 4.78 is 0.779. The summed E-state index contributed by atoms with van der Waals surface area (Å²) in [6.07, 6.45) is 4.69. The van der Waals surface area contributed by atoms with Crippen molar-refractivity contribution in [1.29, 1.82) is 0 Å². The van der Waals surface area contributed by atoms with Crippen molar-refractivity contribution in [3.8, 4) is 0 Å². The van der Waals surface area contributed by atoms with Crippen LogP contribution in [0.4, 0.5) is 0 Å². The summed E-state index contributed by atoms with van der Waals surface area (Å²) in [6, 6.07) is 5.38. The van der Waals surface area contributed by atoms with Gasteiger partial charge in [-0.25, -0.2) is 0 Å². The molecule has 1 atom stereocenters. The quantitative estimate of drug-likeness (QED) is 0.758. The topological polar surface area (TPSA) is 20.3 Å². The lowest BCUT2D eigenvalue weighted by molar-refractivity contribution is 0.0760. The van der Waals surface area contributed by atoms with E-state index in [1.807, 2.05) is 11.0 Å². The summed E-state index contributed by atoms with van der Waals surface area (Å²) in [7, 11) is 0. The minimum atomic E-state index is 0.120. The molecule has 4 heteroatoms. The molecule has 0 saturated carbocycles. The Morgan fingerprint density at radius 2 is 2.21 bits per heavy atom. The molecular weight excluding hydrogens is 326 g/mol. The lowest BCUT2D eigenvalue weighted by atomic mass is 9.98. The van der Waals surface area contributed by atoms with Crippen LogP contribution >= 0.6 is 27.5 Å². The molecule has 1 aromatic rings. The number of amides is 1. The van der Waals surface area contributed by atoms with Crippen LogP contribution in [-0.4, -0.2) is 23.9 Å². The Kier molecular flexibility index (Phi) is 5.28. The van der Waals surface area contributed by atoms with Crippen LogP contribution in [0.15, 0.2) is 22.7 Å². The third-order valence-electron chi connectivity index (χ3n) is 3.88. The Hall–Kier alpha value is -0.540. The lowest BCUT2D eigenvalue weighted by Crippen LogP contribution is -2.32. The Bertz CT molecular complexity index is 463. The standard InChI is InChI=1S/C15H19BrClNO/c1-2-11-4-3-8-18(9-7-11)15(19)12-5-6-14(17)13(16)10-12/h5-6,10-11H,2-4,7-9H2,1H3. The van der Waals surface area contributed by atoms with Crippen LogP contribution < -0.4 is 0 Å². The van der Waals surface area contributed by atoms with Crippen molar-refractivity contribution < 1.29 is 4.79 Å². The highest BCUT2D eigenvalue weighted by molar-refractivity contribution is 9.10. The molecule has 0 bridgehead atoms. The van der Waals surface area contributed by atoms with Gasteiger partial charge >= 0.3 is 0 Å². The highest BCUT2D eigenvalue weighted by Crippen LogP contribution is 2.25. The second kappa shape index (κ2) is 6.76. The van der Waals surface area contributed by atoms with E-state index < -0.39 is 0 Å². The molecule has 0 N–H and O–H groups in total. The van der Waals surface area contributed by atoms with Crippen LogP contribution in [0.2, 0.25) is 5.02 Å². The smallest absolute Gasteiger partial charge is 0.253 e. The zero-order valence-corrected chi connectivity index (χ0v) is 13.5. The van der Waals surface area contributed by atoms with E-state index in [-0.39, 0.29) is 5.91 Å². The van der Waals surface area contributed by atoms with E-state index in [0.29, 0.717) is 10.6 Å². The Balaban J connectivity index is 2.08. The molecule has 1 saturated heterocycles. The first kappa shape index (κ1) is 14.9. The first-order valence-corrected chi connectivity index (χ1v) is 8.03. The summed E-state index contributed by atoms with van der Waals surface area (Å²) in [5.74, 6) is 0.892. The molecule has 19 heavy (non-hydrogen) atoms. The van der Waals surface area contributed by atoms with Gasteiger partial charge in [0.15, 0.2) is 0 Å².